The standard InChI is InChI=1S/C39H50N12O6/c1-37(2)29(28(23-42)32(57-37)26(21-40)22-41)15-12-25-10-13-27(14-11-25)50(3)19-8-9-31(52)45-17-6-4-5-7-18-46-36(53)56-24-30-33-39(49-34(43)48-33)38(54,55)16-20-51(39)35(44)47-30/h10-15,30,33,54-55H,4-9,16-20,24H2,1-3H3,(H2,44,47)(H,45,52)(H,46,53)(H3,43,48,49)/b15-12+/t30-,33-,39-/m0/s1. The first-order chi connectivity index (χ1) is 27.2. The summed E-state index contributed by atoms with van der Waals surface area (Å²) in [6.45, 7) is 5.25. The van der Waals surface area contributed by atoms with E-state index in [9.17, 15) is 35.6 Å². The number of nitrogens with zero attached hydrogens (tertiary/aromatic N) is 5. The third kappa shape index (κ3) is 9.07. The highest BCUT2D eigenvalue weighted by Crippen LogP contribution is 2.43. The van der Waals surface area contributed by atoms with Crippen LogP contribution in [-0.2, 0) is 14.3 Å². The van der Waals surface area contributed by atoms with Gasteiger partial charge in [-0.1, -0.05) is 37.1 Å². The molecule has 3 atom stereocenters. The zero-order valence-corrected chi connectivity index (χ0v) is 32.4. The second-order valence-corrected chi connectivity index (χ2v) is 14.9. The van der Waals surface area contributed by atoms with Crippen molar-refractivity contribution in [3.63, 3.8) is 0 Å². The van der Waals surface area contributed by atoms with Gasteiger partial charge in [-0.25, -0.2) is 4.79 Å². The van der Waals surface area contributed by atoms with Crippen molar-refractivity contribution in [1.82, 2.24) is 31.5 Å². The molecule has 0 aliphatic carbocycles. The number of guanidine groups is 2. The van der Waals surface area contributed by atoms with Gasteiger partial charge in [0.1, 0.15) is 36.0 Å². The zero-order chi connectivity index (χ0) is 41.4. The summed E-state index contributed by atoms with van der Waals surface area (Å²) in [5, 5.41) is 80.4. The molecule has 57 heavy (non-hydrogen) atoms. The van der Waals surface area contributed by atoms with Crippen LogP contribution in [0.5, 0.6) is 0 Å². The number of benzene rings is 1. The number of allylic oxidation sites excluding steroid dienone is 2. The number of nitriles is 3. The Kier molecular flexibility index (Phi) is 13.0. The van der Waals surface area contributed by atoms with Crippen LogP contribution in [0.3, 0.4) is 0 Å². The quantitative estimate of drug-likeness (QED) is 0.0657. The molecule has 5 rings (SSSR count). The molecule has 4 aliphatic rings. The van der Waals surface area contributed by atoms with E-state index < -0.39 is 35.2 Å². The number of amides is 2. The Hall–Kier alpha value is -6.29. The molecule has 1 aromatic rings. The predicted octanol–water partition coefficient (Wildman–Crippen LogP) is 1.73. The van der Waals surface area contributed by atoms with Gasteiger partial charge in [-0.15, -0.1) is 0 Å². The molecule has 0 aromatic heterocycles. The largest absolute Gasteiger partial charge is 0.480 e. The molecular weight excluding hydrogens is 733 g/mol. The maximum atomic E-state index is 12.4. The summed E-state index contributed by atoms with van der Waals surface area (Å²) >= 11 is 0. The number of ether oxygens (including phenoxy) is 2. The molecule has 18 heteroatoms. The minimum atomic E-state index is -2.20. The Balaban J connectivity index is 0.926. The number of unbranched alkanes of at least 4 members (excludes halogenated alkanes) is 3. The van der Waals surface area contributed by atoms with Gasteiger partial charge in [0.05, 0.1) is 12.1 Å². The summed E-state index contributed by atoms with van der Waals surface area (Å²) in [7, 11) is 1.96. The first-order valence-corrected chi connectivity index (χ1v) is 18.9. The molecule has 9 N–H and O–H groups in total. The molecule has 1 spiro atoms. The number of aliphatic hydroxyl groups is 2. The van der Waals surface area contributed by atoms with Gasteiger partial charge in [-0.05, 0) is 50.8 Å². The predicted molar refractivity (Wildman–Crippen MR) is 209 cm³/mol. The van der Waals surface area contributed by atoms with Gasteiger partial charge in [0.15, 0.2) is 28.9 Å². The number of carbonyl (C=O) groups excluding carboxylic acids is 2. The third-order valence-electron chi connectivity index (χ3n) is 10.6. The lowest BCUT2D eigenvalue weighted by molar-refractivity contribution is -0.223. The van der Waals surface area contributed by atoms with Crippen LogP contribution >= 0.6 is 0 Å². The molecule has 18 nitrogen and oxygen atoms in total. The molecule has 2 amide bonds. The van der Waals surface area contributed by atoms with Crippen LogP contribution in [0.25, 0.3) is 6.08 Å². The Morgan fingerprint density at radius 1 is 1.04 bits per heavy atom. The van der Waals surface area contributed by atoms with Crippen LogP contribution in [-0.4, -0.2) is 108 Å². The zero-order valence-electron chi connectivity index (χ0n) is 32.4. The average molecular weight is 783 g/mol. The van der Waals surface area contributed by atoms with Gasteiger partial charge in [-0.3, -0.25) is 15.6 Å². The van der Waals surface area contributed by atoms with E-state index in [1.807, 2.05) is 37.4 Å². The van der Waals surface area contributed by atoms with Crippen LogP contribution in [0.2, 0.25) is 0 Å². The van der Waals surface area contributed by atoms with Crippen LogP contribution < -0.4 is 31.5 Å². The fraction of sp³-hybridized carbons (Fsp3) is 0.513. The van der Waals surface area contributed by atoms with Gasteiger partial charge >= 0.3 is 6.09 Å². The number of carbonyl (C=O) groups is 2. The van der Waals surface area contributed by atoms with E-state index in [1.165, 1.54) is 4.90 Å². The van der Waals surface area contributed by atoms with Gasteiger partial charge in [0.25, 0.3) is 0 Å². The van der Waals surface area contributed by atoms with E-state index in [2.05, 4.69) is 37.6 Å². The van der Waals surface area contributed by atoms with Crippen molar-refractivity contribution in [3.05, 3.63) is 58.4 Å². The highest BCUT2D eigenvalue weighted by atomic mass is 16.5. The van der Waals surface area contributed by atoms with Crippen molar-refractivity contribution >= 4 is 35.7 Å². The Morgan fingerprint density at radius 2 is 1.72 bits per heavy atom. The lowest BCUT2D eigenvalue weighted by atomic mass is 9.86. The summed E-state index contributed by atoms with van der Waals surface area (Å²) in [4.78, 5) is 28.3. The maximum Gasteiger partial charge on any atom is 0.407 e. The Labute approximate surface area is 331 Å². The smallest absolute Gasteiger partial charge is 0.407 e. The van der Waals surface area contributed by atoms with Gasteiger partial charge in [0.2, 0.25) is 11.7 Å². The summed E-state index contributed by atoms with van der Waals surface area (Å²) < 4.78 is 11.2. The van der Waals surface area contributed by atoms with E-state index in [1.54, 1.807) is 32.1 Å². The summed E-state index contributed by atoms with van der Waals surface area (Å²) in [5.41, 5.74) is -0.0113. The van der Waals surface area contributed by atoms with Gasteiger partial charge in [-0.2, -0.15) is 15.8 Å². The summed E-state index contributed by atoms with van der Waals surface area (Å²) in [6.07, 6.45) is 7.30. The molecule has 0 unspecified atom stereocenters. The van der Waals surface area contributed by atoms with Crippen molar-refractivity contribution in [2.24, 2.45) is 0 Å². The fourth-order valence-electron chi connectivity index (χ4n) is 7.59. The fourth-order valence-corrected chi connectivity index (χ4v) is 7.59. The van der Waals surface area contributed by atoms with Crippen molar-refractivity contribution in [2.75, 3.05) is 44.7 Å². The number of hydrogen-bond acceptors (Lipinski definition) is 12. The SMILES string of the molecule is CN(CCCC(=O)NCCCCCCNC(=O)OC[C@@H]1NC(=N)N2CCC(O)(O)[C@@]23NC(=N)N[C@@H]13)c1ccc(/C=C/C2=C(C#N)C(=C(C#N)C#N)OC2(C)C)cc1. The van der Waals surface area contributed by atoms with Crippen LogP contribution in [0.15, 0.2) is 52.8 Å². The second-order valence-electron chi connectivity index (χ2n) is 14.9. The van der Waals surface area contributed by atoms with Crippen LogP contribution in [0.1, 0.15) is 64.4 Å². The van der Waals surface area contributed by atoms with Crippen molar-refractivity contribution < 1.29 is 29.3 Å². The normalized spacial score (nSPS) is 22.5. The van der Waals surface area contributed by atoms with E-state index >= 15 is 0 Å². The monoisotopic (exact) mass is 782 g/mol. The molecular formula is C39H50N12O6. The summed E-state index contributed by atoms with van der Waals surface area (Å²) in [5.74, 6) is -2.37. The topological polar surface area (TPSA) is 279 Å². The van der Waals surface area contributed by atoms with Gasteiger partial charge < -0.3 is 56.1 Å². The molecule has 0 bridgehead atoms. The van der Waals surface area contributed by atoms with Crippen LogP contribution in [0, 0.1) is 44.8 Å². The maximum absolute atomic E-state index is 12.4. The number of rotatable bonds is 16. The molecule has 302 valence electrons. The number of anilines is 1. The lowest BCUT2D eigenvalue weighted by Gasteiger charge is -2.51. The first kappa shape index (κ1) is 41.9. The van der Waals surface area contributed by atoms with E-state index in [0.29, 0.717) is 38.0 Å². The highest BCUT2D eigenvalue weighted by molar-refractivity contribution is 5.87. The van der Waals surface area contributed by atoms with E-state index in [0.717, 1.165) is 36.9 Å². The molecule has 0 radical (unpaired) electrons. The molecule has 4 heterocycles. The molecule has 3 fully saturated rings. The van der Waals surface area contributed by atoms with Crippen molar-refractivity contribution in [3.8, 4) is 18.2 Å². The highest BCUT2D eigenvalue weighted by Gasteiger charge is 2.70. The lowest BCUT2D eigenvalue weighted by Crippen LogP contribution is -2.80. The van der Waals surface area contributed by atoms with Crippen molar-refractivity contribution in [2.45, 2.75) is 87.9 Å². The summed E-state index contributed by atoms with van der Waals surface area (Å²) in [6, 6.07) is 12.1. The van der Waals surface area contributed by atoms with Crippen molar-refractivity contribution in [1.29, 1.82) is 26.6 Å². The average Bonchev–Trinajstić information content (AvgIpc) is 3.77. The van der Waals surface area contributed by atoms with E-state index in [4.69, 9.17) is 20.3 Å². The second kappa shape index (κ2) is 17.7. The Morgan fingerprint density at radius 3 is 2.39 bits per heavy atom. The molecule has 4 aliphatic heterocycles. The van der Waals surface area contributed by atoms with Gasteiger partial charge in [0, 0.05) is 57.3 Å². The molecule has 3 saturated heterocycles. The van der Waals surface area contributed by atoms with Crippen LogP contribution in [0.4, 0.5) is 10.5 Å². The minimum Gasteiger partial charge on any atom is -0.480 e. The third-order valence-corrected chi connectivity index (χ3v) is 10.6. The molecule has 0 saturated carbocycles. The number of alkyl carbamates (subject to hydrolysis) is 1. The molecule has 1 aromatic carbocycles. The number of hydrogen-bond donors (Lipinski definition) is 9. The number of nitrogens with one attached hydrogen (secondary N) is 7. The Bertz CT molecular complexity index is 1940. The minimum absolute atomic E-state index is 0.00508. The first-order valence-electron chi connectivity index (χ1n) is 18.9. The van der Waals surface area contributed by atoms with E-state index in [-0.39, 0.29) is 54.3 Å².